The van der Waals surface area contributed by atoms with E-state index < -0.39 is 0 Å². The molecule has 3 aliphatic rings. The first-order chi connectivity index (χ1) is 7.84. The van der Waals surface area contributed by atoms with E-state index in [1.807, 2.05) is 0 Å². The van der Waals surface area contributed by atoms with Gasteiger partial charge in [-0.2, -0.15) is 0 Å². The fourth-order valence-electron chi connectivity index (χ4n) is 2.87. The summed E-state index contributed by atoms with van der Waals surface area (Å²) in [6, 6.07) is 0.428. The summed E-state index contributed by atoms with van der Waals surface area (Å²) in [5.41, 5.74) is 0. The zero-order valence-electron chi connectivity index (χ0n) is 9.65. The quantitative estimate of drug-likeness (QED) is 0.730. The Morgan fingerprint density at radius 2 is 2.25 bits per heavy atom. The van der Waals surface area contributed by atoms with Gasteiger partial charge in [0.1, 0.15) is 6.61 Å². The average molecular weight is 224 g/mol. The summed E-state index contributed by atoms with van der Waals surface area (Å²) in [6.07, 6.45) is 3.70. The number of fused-ring (bicyclic) bond motifs is 1. The summed E-state index contributed by atoms with van der Waals surface area (Å²) in [5.74, 6) is 1.48. The molecule has 3 rings (SSSR count). The fraction of sp³-hybridized carbons (Fsp3) is 0.917. The third-order valence-corrected chi connectivity index (χ3v) is 4.00. The predicted molar refractivity (Wildman–Crippen MR) is 60.0 cm³/mol. The summed E-state index contributed by atoms with van der Waals surface area (Å²) in [5, 5.41) is 3.40. The molecule has 1 aliphatic carbocycles. The van der Waals surface area contributed by atoms with E-state index in [1.165, 1.54) is 12.8 Å². The molecule has 0 aromatic rings. The van der Waals surface area contributed by atoms with Crippen LogP contribution in [0, 0.1) is 11.8 Å². The van der Waals surface area contributed by atoms with Crippen LogP contribution < -0.4 is 5.32 Å². The Labute approximate surface area is 96.3 Å². The zero-order chi connectivity index (χ0) is 11.0. The van der Waals surface area contributed by atoms with Gasteiger partial charge in [0.25, 0.3) is 0 Å². The van der Waals surface area contributed by atoms with Crippen molar-refractivity contribution in [3.8, 4) is 0 Å². The molecule has 0 aromatic heterocycles. The number of hydrogen-bond donors (Lipinski definition) is 1. The van der Waals surface area contributed by atoms with Crippen LogP contribution in [0.5, 0.6) is 0 Å². The van der Waals surface area contributed by atoms with Crippen molar-refractivity contribution in [1.82, 2.24) is 10.2 Å². The first kappa shape index (κ1) is 10.5. The van der Waals surface area contributed by atoms with Gasteiger partial charge < -0.3 is 15.0 Å². The lowest BCUT2D eigenvalue weighted by atomic mass is 9.92. The molecule has 0 unspecified atom stereocenters. The van der Waals surface area contributed by atoms with Crippen LogP contribution in [0.25, 0.3) is 0 Å². The summed E-state index contributed by atoms with van der Waals surface area (Å²) in [4.78, 5) is 14.1. The number of ether oxygens (including phenoxy) is 1. The maximum atomic E-state index is 12.0. The lowest BCUT2D eigenvalue weighted by Gasteiger charge is -2.38. The van der Waals surface area contributed by atoms with Crippen LogP contribution in [0.1, 0.15) is 19.3 Å². The van der Waals surface area contributed by atoms with Crippen LogP contribution >= 0.6 is 0 Å². The van der Waals surface area contributed by atoms with E-state index >= 15 is 0 Å². The minimum atomic E-state index is 0.210. The van der Waals surface area contributed by atoms with Gasteiger partial charge in [0.15, 0.2) is 0 Å². The van der Waals surface area contributed by atoms with Crippen molar-refractivity contribution >= 4 is 5.91 Å². The minimum Gasteiger partial charge on any atom is -0.371 e. The van der Waals surface area contributed by atoms with Gasteiger partial charge in [-0.15, -0.1) is 0 Å². The number of nitrogens with one attached hydrogen (secondary N) is 1. The number of piperidine rings is 1. The van der Waals surface area contributed by atoms with E-state index in [-0.39, 0.29) is 5.91 Å². The Morgan fingerprint density at radius 1 is 1.38 bits per heavy atom. The second-order valence-corrected chi connectivity index (χ2v) is 5.32. The van der Waals surface area contributed by atoms with E-state index in [2.05, 4.69) is 10.2 Å². The van der Waals surface area contributed by atoms with Crippen molar-refractivity contribution < 1.29 is 9.53 Å². The standard InChI is InChI=1S/C12H20N2O2/c15-12-8-16-7-10-5-13-4-3-11(10)14(12)6-9-1-2-9/h9-11,13H,1-8H2/t10-,11-/m0/s1. The molecule has 16 heavy (non-hydrogen) atoms. The van der Waals surface area contributed by atoms with Crippen LogP contribution in [0.3, 0.4) is 0 Å². The third kappa shape index (κ3) is 2.09. The van der Waals surface area contributed by atoms with Crippen LogP contribution in [0.2, 0.25) is 0 Å². The molecule has 0 radical (unpaired) electrons. The van der Waals surface area contributed by atoms with Crippen molar-refractivity contribution in [3.05, 3.63) is 0 Å². The van der Waals surface area contributed by atoms with Crippen LogP contribution in [-0.2, 0) is 9.53 Å². The van der Waals surface area contributed by atoms with Gasteiger partial charge in [-0.25, -0.2) is 0 Å². The minimum absolute atomic E-state index is 0.210. The van der Waals surface area contributed by atoms with Gasteiger partial charge in [0, 0.05) is 25.0 Å². The first-order valence-electron chi connectivity index (χ1n) is 6.42. The van der Waals surface area contributed by atoms with Crippen LogP contribution in [0.15, 0.2) is 0 Å². The van der Waals surface area contributed by atoms with E-state index in [0.717, 1.165) is 38.6 Å². The number of carbonyl (C=O) groups excluding carboxylic acids is 1. The average Bonchev–Trinajstić information content (AvgIpc) is 3.10. The highest BCUT2D eigenvalue weighted by Gasteiger charge is 2.38. The molecule has 90 valence electrons. The molecule has 2 aliphatic heterocycles. The third-order valence-electron chi connectivity index (χ3n) is 4.00. The van der Waals surface area contributed by atoms with E-state index in [0.29, 0.717) is 18.6 Å². The van der Waals surface area contributed by atoms with Crippen molar-refractivity contribution in [2.45, 2.75) is 25.3 Å². The second kappa shape index (κ2) is 4.34. The monoisotopic (exact) mass is 224 g/mol. The Morgan fingerprint density at radius 3 is 3.06 bits per heavy atom. The highest BCUT2D eigenvalue weighted by atomic mass is 16.5. The fourth-order valence-corrected chi connectivity index (χ4v) is 2.87. The number of rotatable bonds is 2. The number of amides is 1. The zero-order valence-corrected chi connectivity index (χ0v) is 9.65. The smallest absolute Gasteiger partial charge is 0.248 e. The largest absolute Gasteiger partial charge is 0.371 e. The second-order valence-electron chi connectivity index (χ2n) is 5.32. The van der Waals surface area contributed by atoms with Crippen LogP contribution in [-0.4, -0.2) is 49.7 Å². The first-order valence-corrected chi connectivity index (χ1v) is 6.42. The molecule has 0 aromatic carbocycles. The van der Waals surface area contributed by atoms with Crippen molar-refractivity contribution in [2.75, 3.05) is 32.8 Å². The lowest BCUT2D eigenvalue weighted by molar-refractivity contribution is -0.136. The molecule has 4 heteroatoms. The molecule has 4 nitrogen and oxygen atoms in total. The van der Waals surface area contributed by atoms with Crippen LogP contribution in [0.4, 0.5) is 0 Å². The van der Waals surface area contributed by atoms with Crippen molar-refractivity contribution in [1.29, 1.82) is 0 Å². The highest BCUT2D eigenvalue weighted by Crippen LogP contribution is 2.32. The molecule has 2 heterocycles. The molecule has 2 atom stereocenters. The van der Waals surface area contributed by atoms with Gasteiger partial charge in [-0.3, -0.25) is 4.79 Å². The summed E-state index contributed by atoms with van der Waals surface area (Å²) in [6.45, 7) is 4.04. The molecule has 2 saturated heterocycles. The molecular formula is C12H20N2O2. The van der Waals surface area contributed by atoms with E-state index in [1.54, 1.807) is 0 Å². The predicted octanol–water partition coefficient (Wildman–Crippen LogP) is 0.233. The Kier molecular flexibility index (Phi) is 2.86. The maximum absolute atomic E-state index is 12.0. The number of hydrogen-bond acceptors (Lipinski definition) is 3. The molecule has 3 fully saturated rings. The molecule has 0 spiro atoms. The summed E-state index contributed by atoms with van der Waals surface area (Å²) >= 11 is 0. The highest BCUT2D eigenvalue weighted by molar-refractivity contribution is 5.78. The normalized spacial score (nSPS) is 35.8. The molecule has 1 saturated carbocycles. The molecular weight excluding hydrogens is 204 g/mol. The van der Waals surface area contributed by atoms with Gasteiger partial charge in [0.2, 0.25) is 5.91 Å². The molecule has 1 amide bonds. The Bertz CT molecular complexity index is 278. The van der Waals surface area contributed by atoms with Gasteiger partial charge in [0.05, 0.1) is 6.61 Å². The summed E-state index contributed by atoms with van der Waals surface area (Å²) in [7, 11) is 0. The van der Waals surface area contributed by atoms with Gasteiger partial charge in [-0.1, -0.05) is 0 Å². The van der Waals surface area contributed by atoms with Crippen molar-refractivity contribution in [2.24, 2.45) is 11.8 Å². The molecule has 0 bridgehead atoms. The SMILES string of the molecule is O=C1COC[C@@H]2CNCC[C@@H]2N1CC1CC1. The van der Waals surface area contributed by atoms with Gasteiger partial charge in [-0.05, 0) is 31.7 Å². The topological polar surface area (TPSA) is 41.6 Å². The Hall–Kier alpha value is -0.610. The maximum Gasteiger partial charge on any atom is 0.248 e. The Balaban J connectivity index is 1.74. The summed E-state index contributed by atoms with van der Waals surface area (Å²) < 4.78 is 5.48. The van der Waals surface area contributed by atoms with E-state index in [9.17, 15) is 4.79 Å². The lowest BCUT2D eigenvalue weighted by Crippen LogP contribution is -2.52. The van der Waals surface area contributed by atoms with E-state index in [4.69, 9.17) is 4.74 Å². The molecule has 1 N–H and O–H groups in total. The number of nitrogens with zero attached hydrogens (tertiary/aromatic N) is 1. The number of carbonyl (C=O) groups is 1. The van der Waals surface area contributed by atoms with Gasteiger partial charge >= 0.3 is 0 Å². The van der Waals surface area contributed by atoms with Crippen molar-refractivity contribution in [3.63, 3.8) is 0 Å².